The van der Waals surface area contributed by atoms with Crippen LogP contribution in [0.3, 0.4) is 0 Å². The Labute approximate surface area is 333 Å². The molecule has 318 valence electrons. The van der Waals surface area contributed by atoms with E-state index in [0.717, 1.165) is 6.92 Å². The molecule has 0 spiro atoms. The molecule has 0 aliphatic carbocycles. The molecule has 24 heteroatoms. The van der Waals surface area contributed by atoms with Gasteiger partial charge in [0.2, 0.25) is 53.2 Å². The number of hydrogen-bond acceptors (Lipinski definition) is 15. The third-order valence-corrected chi connectivity index (χ3v) is 10.6. The smallest absolute Gasteiger partial charge is 0.245 e. The summed E-state index contributed by atoms with van der Waals surface area (Å²) in [7, 11) is 0. The van der Waals surface area contributed by atoms with E-state index in [-0.39, 0.29) is 17.9 Å². The topological polar surface area (TPSA) is 382 Å². The second-order valence-corrected chi connectivity index (χ2v) is 15.5. The van der Waals surface area contributed by atoms with Crippen LogP contribution in [0.4, 0.5) is 0 Å². The average Bonchev–Trinajstić information content (AvgIpc) is 3.11. The summed E-state index contributed by atoms with van der Waals surface area (Å²) in [5, 5.41) is 37.4. The number of aliphatic hydroxyl groups excluding tert-OH is 2. The fourth-order valence-corrected chi connectivity index (χ4v) is 7.06. The first kappa shape index (κ1) is 49.8. The van der Waals surface area contributed by atoms with Crippen LogP contribution in [0, 0.1) is 0 Å². The number of nitrogens with one attached hydrogen (secondary N) is 7. The van der Waals surface area contributed by atoms with Crippen molar-refractivity contribution in [2.45, 2.75) is 114 Å². The second-order valence-electron chi connectivity index (χ2n) is 13.2. The molecule has 0 radical (unpaired) electrons. The highest BCUT2D eigenvalue weighted by Crippen LogP contribution is 2.12. The third kappa shape index (κ3) is 17.7. The minimum atomic E-state index is -1.75. The van der Waals surface area contributed by atoms with Crippen LogP contribution in [0.1, 0.15) is 53.4 Å². The van der Waals surface area contributed by atoms with E-state index in [9.17, 15) is 53.4 Å². The van der Waals surface area contributed by atoms with Gasteiger partial charge >= 0.3 is 0 Å². The van der Waals surface area contributed by atoms with E-state index in [1.807, 2.05) is 0 Å². The number of primary amides is 2. The number of aliphatic hydroxyl groups is 2. The molecule has 9 amide bonds. The molecule has 0 saturated carbocycles. The van der Waals surface area contributed by atoms with Gasteiger partial charge < -0.3 is 70.4 Å². The Balaban J connectivity index is 3.55. The summed E-state index contributed by atoms with van der Waals surface area (Å²) in [6, 6.07) is -11.3. The summed E-state index contributed by atoms with van der Waals surface area (Å²) >= 11 is 2.36. The Bertz CT molecular complexity index is 1410. The van der Waals surface area contributed by atoms with E-state index < -0.39 is 120 Å². The quantitative estimate of drug-likeness (QED) is 0.0768. The molecular weight excluding hydrogens is 779 g/mol. The van der Waals surface area contributed by atoms with Gasteiger partial charge in [-0.05, 0) is 47.1 Å². The monoisotopic (exact) mass is 835 g/mol. The summed E-state index contributed by atoms with van der Waals surface area (Å²) in [6.07, 6.45) is -2.45. The SMILES string of the molecule is C[C@H](NC(=O)[C@@H]1CSCCSC[C@H](NC(=O)[C@@H](N)CCCCN)C(=O)N[C@@H](CC(N)=O)C(=O)N[C@@H]([C@@H](C)O)C(=O)N[C@@H](C)C(=O)N[C@@H]([C@@H](C)O)C(=O)N1)C(N)=O. The Morgan fingerprint density at radius 1 is 0.786 bits per heavy atom. The molecule has 0 aromatic rings. The number of carbonyl (C=O) groups is 9. The molecule has 1 aliphatic heterocycles. The van der Waals surface area contributed by atoms with E-state index >= 15 is 0 Å². The van der Waals surface area contributed by atoms with Crippen molar-refractivity contribution in [1.29, 1.82) is 0 Å². The van der Waals surface area contributed by atoms with E-state index in [4.69, 9.17) is 22.9 Å². The van der Waals surface area contributed by atoms with Gasteiger partial charge in [-0.1, -0.05) is 6.42 Å². The van der Waals surface area contributed by atoms with Crippen LogP contribution >= 0.6 is 23.5 Å². The van der Waals surface area contributed by atoms with Crippen LogP contribution in [-0.2, 0) is 43.2 Å². The van der Waals surface area contributed by atoms with Gasteiger partial charge in [-0.25, -0.2) is 0 Å². The molecule has 56 heavy (non-hydrogen) atoms. The Morgan fingerprint density at radius 2 is 1.34 bits per heavy atom. The summed E-state index contributed by atoms with van der Waals surface area (Å²) < 4.78 is 0. The van der Waals surface area contributed by atoms with Gasteiger partial charge in [0.25, 0.3) is 0 Å². The van der Waals surface area contributed by atoms with Gasteiger partial charge in [-0.15, -0.1) is 0 Å². The number of amides is 9. The van der Waals surface area contributed by atoms with Crippen LogP contribution in [-0.4, -0.2) is 153 Å². The second kappa shape index (κ2) is 25.1. The lowest BCUT2D eigenvalue weighted by atomic mass is 10.1. The number of carbonyl (C=O) groups excluding carboxylic acids is 9. The lowest BCUT2D eigenvalue weighted by Gasteiger charge is -2.28. The Hall–Kier alpha value is -4.23. The standard InChI is InChI=1S/C32H57N11O11S2/c1-14(25(36)47)37-29(51)20-12-55-9-10-56-13-21(40-27(49)18(34)7-5-6-8-33)30(52)39-19(11-22(35)46)28(50)43-23(16(3)44)31(53)38-15(2)26(48)42-24(17(4)45)32(54)41-20/h14-21,23-24,44-45H,5-13,33-34H2,1-4H3,(H2,35,46)(H2,36,47)(H,37,51)(H,38,53)(H,39,52)(H,40,49)(H,41,54)(H,42,48)(H,43,50)/t14-,15-,16+,17+,18-,19-,20-,21-,23-,24-/m0/s1. The van der Waals surface area contributed by atoms with Crippen molar-refractivity contribution in [2.75, 3.05) is 29.6 Å². The molecule has 0 aromatic carbocycles. The van der Waals surface area contributed by atoms with E-state index in [1.165, 1.54) is 44.3 Å². The van der Waals surface area contributed by atoms with E-state index in [2.05, 4.69) is 37.2 Å². The number of rotatable bonds is 13. The summed E-state index contributed by atoms with van der Waals surface area (Å²) in [5.74, 6) is -7.94. The fraction of sp³-hybridized carbons (Fsp3) is 0.719. The van der Waals surface area contributed by atoms with Gasteiger partial charge in [0.05, 0.1) is 24.7 Å². The molecule has 1 rings (SSSR count). The molecular formula is C32H57N11O11S2. The van der Waals surface area contributed by atoms with Crippen molar-refractivity contribution in [1.82, 2.24) is 37.2 Å². The van der Waals surface area contributed by atoms with Crippen LogP contribution in [0.15, 0.2) is 0 Å². The highest BCUT2D eigenvalue weighted by Gasteiger charge is 2.36. The molecule has 1 fully saturated rings. The normalized spacial score (nSPS) is 26.1. The molecule has 0 unspecified atom stereocenters. The van der Waals surface area contributed by atoms with Gasteiger partial charge in [-0.2, -0.15) is 23.5 Å². The predicted molar refractivity (Wildman–Crippen MR) is 207 cm³/mol. The van der Waals surface area contributed by atoms with Gasteiger partial charge in [-0.3, -0.25) is 43.2 Å². The number of unbranched alkanes of at least 4 members (excludes halogenated alkanes) is 1. The lowest BCUT2D eigenvalue weighted by molar-refractivity contribution is -0.137. The largest absolute Gasteiger partial charge is 0.391 e. The molecule has 0 aromatic heterocycles. The highest BCUT2D eigenvalue weighted by atomic mass is 32.2. The molecule has 0 bridgehead atoms. The maximum atomic E-state index is 13.6. The molecule has 1 saturated heterocycles. The third-order valence-electron chi connectivity index (χ3n) is 8.21. The Kier molecular flexibility index (Phi) is 22.3. The maximum Gasteiger partial charge on any atom is 0.245 e. The van der Waals surface area contributed by atoms with Crippen molar-refractivity contribution in [3.05, 3.63) is 0 Å². The van der Waals surface area contributed by atoms with Crippen LogP contribution in [0.2, 0.25) is 0 Å². The zero-order chi connectivity index (χ0) is 42.7. The fourth-order valence-electron chi connectivity index (χ4n) is 4.85. The summed E-state index contributed by atoms with van der Waals surface area (Å²) in [4.78, 5) is 116. The van der Waals surface area contributed by atoms with Crippen molar-refractivity contribution < 1.29 is 53.4 Å². The Morgan fingerprint density at radius 3 is 1.88 bits per heavy atom. The predicted octanol–water partition coefficient (Wildman–Crippen LogP) is -6.52. The minimum absolute atomic E-state index is 0.0678. The number of thioether (sulfide) groups is 2. The van der Waals surface area contributed by atoms with Crippen molar-refractivity contribution >= 4 is 76.7 Å². The molecule has 22 nitrogen and oxygen atoms in total. The van der Waals surface area contributed by atoms with E-state index in [1.54, 1.807) is 0 Å². The zero-order valence-corrected chi connectivity index (χ0v) is 33.5. The summed E-state index contributed by atoms with van der Waals surface area (Å²) in [5.41, 5.74) is 22.2. The molecule has 10 atom stereocenters. The van der Waals surface area contributed by atoms with Gasteiger partial charge in [0.15, 0.2) is 0 Å². The van der Waals surface area contributed by atoms with Crippen LogP contribution in [0.5, 0.6) is 0 Å². The first-order valence-corrected chi connectivity index (χ1v) is 20.2. The van der Waals surface area contributed by atoms with Crippen molar-refractivity contribution in [2.24, 2.45) is 22.9 Å². The van der Waals surface area contributed by atoms with Crippen LogP contribution in [0.25, 0.3) is 0 Å². The minimum Gasteiger partial charge on any atom is -0.391 e. The first-order valence-electron chi connectivity index (χ1n) is 17.9. The number of nitrogens with two attached hydrogens (primary N) is 4. The zero-order valence-electron chi connectivity index (χ0n) is 31.8. The average molecular weight is 836 g/mol. The summed E-state index contributed by atoms with van der Waals surface area (Å²) in [6.45, 7) is 5.26. The van der Waals surface area contributed by atoms with Gasteiger partial charge in [0.1, 0.15) is 42.3 Å². The highest BCUT2D eigenvalue weighted by molar-refractivity contribution is 8.03. The van der Waals surface area contributed by atoms with Crippen molar-refractivity contribution in [3.63, 3.8) is 0 Å². The first-order chi connectivity index (χ1) is 26.2. The molecule has 1 aliphatic rings. The molecule has 17 N–H and O–H groups in total. The number of hydrogen-bond donors (Lipinski definition) is 13. The van der Waals surface area contributed by atoms with E-state index in [0.29, 0.717) is 30.9 Å². The van der Waals surface area contributed by atoms with Gasteiger partial charge in [0, 0.05) is 23.0 Å². The lowest BCUT2D eigenvalue weighted by Crippen LogP contribution is -2.62. The maximum absolute atomic E-state index is 13.6. The van der Waals surface area contributed by atoms with Crippen molar-refractivity contribution in [3.8, 4) is 0 Å². The van der Waals surface area contributed by atoms with Crippen LogP contribution < -0.4 is 60.2 Å². The molecule has 1 heterocycles.